The van der Waals surface area contributed by atoms with E-state index in [9.17, 15) is 0 Å². The van der Waals surface area contributed by atoms with E-state index in [2.05, 4.69) is 19.2 Å². The highest BCUT2D eigenvalue weighted by molar-refractivity contribution is 4.92. The molecule has 0 bridgehead atoms. The number of nitrogens with two attached hydrogens (primary N) is 1. The molecule has 0 amide bonds. The summed E-state index contributed by atoms with van der Waals surface area (Å²) in [5, 5.41) is 12.4. The van der Waals surface area contributed by atoms with E-state index in [1.807, 2.05) is 0 Å². The summed E-state index contributed by atoms with van der Waals surface area (Å²) in [6.45, 7) is 5.39. The Morgan fingerprint density at radius 1 is 1.53 bits per heavy atom. The predicted octanol–water partition coefficient (Wildman–Crippen LogP) is 1.25. The Bertz CT molecular complexity index is 182. The van der Waals surface area contributed by atoms with Gasteiger partial charge in [-0.3, -0.25) is 0 Å². The van der Waals surface area contributed by atoms with Crippen LogP contribution >= 0.6 is 0 Å². The van der Waals surface area contributed by atoms with Gasteiger partial charge in [0, 0.05) is 24.7 Å². The third kappa shape index (κ3) is 4.96. The van der Waals surface area contributed by atoms with Gasteiger partial charge in [-0.15, -0.1) is 0 Å². The Morgan fingerprint density at radius 3 is 2.67 bits per heavy atom. The molecule has 1 rings (SSSR count). The van der Waals surface area contributed by atoms with E-state index in [0.29, 0.717) is 12.6 Å². The fourth-order valence-corrected chi connectivity index (χ4v) is 2.22. The van der Waals surface area contributed by atoms with Gasteiger partial charge in [0.15, 0.2) is 0 Å². The SMILES string of the molecule is CC(CCCO)NC(C)(CN)CC1CC1. The van der Waals surface area contributed by atoms with Gasteiger partial charge in [-0.2, -0.15) is 0 Å². The topological polar surface area (TPSA) is 58.3 Å². The van der Waals surface area contributed by atoms with Crippen molar-refractivity contribution in [2.75, 3.05) is 13.2 Å². The summed E-state index contributed by atoms with van der Waals surface area (Å²) >= 11 is 0. The maximum absolute atomic E-state index is 8.77. The van der Waals surface area contributed by atoms with Gasteiger partial charge in [0.1, 0.15) is 0 Å². The Balaban J connectivity index is 2.29. The first-order valence-corrected chi connectivity index (χ1v) is 6.18. The highest BCUT2D eigenvalue weighted by Gasteiger charge is 2.32. The van der Waals surface area contributed by atoms with Crippen molar-refractivity contribution in [3.63, 3.8) is 0 Å². The average Bonchev–Trinajstić information content (AvgIpc) is 2.98. The van der Waals surface area contributed by atoms with Crippen LogP contribution in [-0.2, 0) is 0 Å². The summed E-state index contributed by atoms with van der Waals surface area (Å²) in [6.07, 6.45) is 5.85. The molecule has 0 heterocycles. The van der Waals surface area contributed by atoms with Crippen molar-refractivity contribution in [2.24, 2.45) is 11.7 Å². The van der Waals surface area contributed by atoms with Crippen molar-refractivity contribution in [1.29, 1.82) is 0 Å². The van der Waals surface area contributed by atoms with Crippen molar-refractivity contribution in [2.45, 2.75) is 57.5 Å². The minimum atomic E-state index is 0.0933. The van der Waals surface area contributed by atoms with Crippen molar-refractivity contribution in [1.82, 2.24) is 5.32 Å². The zero-order valence-electron chi connectivity index (χ0n) is 10.1. The van der Waals surface area contributed by atoms with Gasteiger partial charge in [-0.05, 0) is 39.0 Å². The fourth-order valence-electron chi connectivity index (χ4n) is 2.22. The molecule has 90 valence electrons. The Labute approximate surface area is 93.4 Å². The van der Waals surface area contributed by atoms with Crippen LogP contribution in [0.3, 0.4) is 0 Å². The molecule has 0 aromatic heterocycles. The third-order valence-electron chi connectivity index (χ3n) is 3.28. The number of aliphatic hydroxyl groups excluding tert-OH is 1. The molecular formula is C12H26N2O. The molecule has 1 aliphatic carbocycles. The van der Waals surface area contributed by atoms with Crippen molar-refractivity contribution in [3.8, 4) is 0 Å². The largest absolute Gasteiger partial charge is 0.396 e. The van der Waals surface area contributed by atoms with Gasteiger partial charge in [-0.25, -0.2) is 0 Å². The fraction of sp³-hybridized carbons (Fsp3) is 1.00. The molecule has 0 spiro atoms. The van der Waals surface area contributed by atoms with Crippen LogP contribution < -0.4 is 11.1 Å². The quantitative estimate of drug-likeness (QED) is 0.570. The molecule has 1 fully saturated rings. The van der Waals surface area contributed by atoms with Crippen LogP contribution in [0.15, 0.2) is 0 Å². The molecule has 1 saturated carbocycles. The Kier molecular flexibility index (Phi) is 5.03. The lowest BCUT2D eigenvalue weighted by molar-refractivity contribution is 0.251. The summed E-state index contributed by atoms with van der Waals surface area (Å²) in [5.41, 5.74) is 5.94. The lowest BCUT2D eigenvalue weighted by Crippen LogP contribution is -2.52. The zero-order chi connectivity index (χ0) is 11.3. The highest BCUT2D eigenvalue weighted by Crippen LogP contribution is 2.36. The van der Waals surface area contributed by atoms with Gasteiger partial charge >= 0.3 is 0 Å². The van der Waals surface area contributed by atoms with Crippen LogP contribution in [0.5, 0.6) is 0 Å². The maximum atomic E-state index is 8.77. The van der Waals surface area contributed by atoms with Gasteiger partial charge in [0.2, 0.25) is 0 Å². The van der Waals surface area contributed by atoms with Crippen LogP contribution in [-0.4, -0.2) is 29.8 Å². The standard InChI is InChI=1S/C12H26N2O/c1-10(4-3-7-15)14-12(2,9-13)8-11-5-6-11/h10-11,14-15H,3-9,13H2,1-2H3. The maximum Gasteiger partial charge on any atom is 0.0431 e. The molecule has 2 unspecified atom stereocenters. The molecule has 2 atom stereocenters. The summed E-state index contributed by atoms with van der Waals surface area (Å²) in [7, 11) is 0. The van der Waals surface area contributed by atoms with E-state index < -0.39 is 0 Å². The molecule has 0 aromatic rings. The molecule has 3 heteroatoms. The molecule has 0 saturated heterocycles. The van der Waals surface area contributed by atoms with Crippen LogP contribution in [0.25, 0.3) is 0 Å². The number of aliphatic hydroxyl groups is 1. The number of hydrogen-bond donors (Lipinski definition) is 3. The minimum absolute atomic E-state index is 0.0933. The minimum Gasteiger partial charge on any atom is -0.396 e. The van der Waals surface area contributed by atoms with E-state index in [0.717, 1.165) is 18.8 Å². The second kappa shape index (κ2) is 5.83. The number of nitrogens with one attached hydrogen (secondary N) is 1. The summed E-state index contributed by atoms with van der Waals surface area (Å²) < 4.78 is 0. The lowest BCUT2D eigenvalue weighted by Gasteiger charge is -2.33. The summed E-state index contributed by atoms with van der Waals surface area (Å²) in [4.78, 5) is 0. The summed E-state index contributed by atoms with van der Waals surface area (Å²) in [5.74, 6) is 0.899. The molecule has 3 nitrogen and oxygen atoms in total. The zero-order valence-corrected chi connectivity index (χ0v) is 10.1. The third-order valence-corrected chi connectivity index (χ3v) is 3.28. The van der Waals surface area contributed by atoms with E-state index in [1.165, 1.54) is 19.3 Å². The highest BCUT2D eigenvalue weighted by atomic mass is 16.2. The second-order valence-corrected chi connectivity index (χ2v) is 5.32. The predicted molar refractivity (Wildman–Crippen MR) is 63.7 cm³/mol. The molecule has 0 radical (unpaired) electrons. The van der Waals surface area contributed by atoms with Gasteiger partial charge in [0.05, 0.1) is 0 Å². The van der Waals surface area contributed by atoms with Gasteiger partial charge < -0.3 is 16.2 Å². The van der Waals surface area contributed by atoms with Crippen LogP contribution in [0.4, 0.5) is 0 Å². The normalized spacial score (nSPS) is 22.4. The van der Waals surface area contributed by atoms with Crippen LogP contribution in [0, 0.1) is 5.92 Å². The lowest BCUT2D eigenvalue weighted by atomic mass is 9.93. The Morgan fingerprint density at radius 2 is 2.20 bits per heavy atom. The Hall–Kier alpha value is -0.120. The molecule has 0 aliphatic heterocycles. The first-order valence-electron chi connectivity index (χ1n) is 6.18. The first kappa shape index (κ1) is 12.9. The van der Waals surface area contributed by atoms with Crippen LogP contribution in [0.1, 0.15) is 46.0 Å². The molecular weight excluding hydrogens is 188 g/mol. The van der Waals surface area contributed by atoms with Crippen molar-refractivity contribution < 1.29 is 5.11 Å². The van der Waals surface area contributed by atoms with E-state index >= 15 is 0 Å². The summed E-state index contributed by atoms with van der Waals surface area (Å²) in [6, 6.07) is 0.449. The van der Waals surface area contributed by atoms with E-state index in [1.54, 1.807) is 0 Å². The number of rotatable bonds is 8. The molecule has 1 aliphatic rings. The average molecular weight is 214 g/mol. The smallest absolute Gasteiger partial charge is 0.0431 e. The van der Waals surface area contributed by atoms with Gasteiger partial charge in [0.25, 0.3) is 0 Å². The van der Waals surface area contributed by atoms with Crippen LogP contribution in [0.2, 0.25) is 0 Å². The monoisotopic (exact) mass is 214 g/mol. The molecule has 0 aromatic carbocycles. The van der Waals surface area contributed by atoms with Gasteiger partial charge in [-0.1, -0.05) is 12.8 Å². The molecule has 15 heavy (non-hydrogen) atoms. The van der Waals surface area contributed by atoms with E-state index in [-0.39, 0.29) is 12.1 Å². The number of hydrogen-bond acceptors (Lipinski definition) is 3. The van der Waals surface area contributed by atoms with Crippen molar-refractivity contribution in [3.05, 3.63) is 0 Å². The first-order chi connectivity index (χ1) is 7.09. The molecule has 4 N–H and O–H groups in total. The van der Waals surface area contributed by atoms with E-state index in [4.69, 9.17) is 10.8 Å². The second-order valence-electron chi connectivity index (χ2n) is 5.32. The van der Waals surface area contributed by atoms with Crippen molar-refractivity contribution >= 4 is 0 Å².